The molecular formula is C21H22N6OS2. The summed E-state index contributed by atoms with van der Waals surface area (Å²) in [4.78, 5) is 22.9. The van der Waals surface area contributed by atoms with Crippen LogP contribution in [0.15, 0.2) is 34.2 Å². The zero-order valence-corrected chi connectivity index (χ0v) is 18.7. The maximum atomic E-state index is 12.9. The van der Waals surface area contributed by atoms with Gasteiger partial charge in [-0.25, -0.2) is 4.98 Å². The van der Waals surface area contributed by atoms with Crippen LogP contribution in [0.1, 0.15) is 47.3 Å². The molecule has 30 heavy (non-hydrogen) atoms. The first-order chi connectivity index (χ1) is 14.5. The summed E-state index contributed by atoms with van der Waals surface area (Å²) in [5.41, 5.74) is 3.22. The Morgan fingerprint density at radius 1 is 1.37 bits per heavy atom. The predicted molar refractivity (Wildman–Crippen MR) is 120 cm³/mol. The van der Waals surface area contributed by atoms with Crippen LogP contribution < -0.4 is 5.56 Å². The minimum atomic E-state index is -0.102. The minimum absolute atomic E-state index is 0.0345. The van der Waals surface area contributed by atoms with Gasteiger partial charge in [0.05, 0.1) is 16.3 Å². The molecule has 0 amide bonds. The summed E-state index contributed by atoms with van der Waals surface area (Å²) in [6.07, 6.45) is 3.14. The molecule has 3 aromatic heterocycles. The highest BCUT2D eigenvalue weighted by atomic mass is 32.2. The van der Waals surface area contributed by atoms with E-state index < -0.39 is 0 Å². The van der Waals surface area contributed by atoms with Gasteiger partial charge >= 0.3 is 0 Å². The predicted octanol–water partition coefficient (Wildman–Crippen LogP) is 4.25. The molecule has 1 aromatic carbocycles. The number of thioether (sulfide) groups is 1. The third kappa shape index (κ3) is 3.45. The molecule has 0 bridgehead atoms. The number of aromatic nitrogens is 6. The summed E-state index contributed by atoms with van der Waals surface area (Å²) in [5.74, 6) is 1.32. The van der Waals surface area contributed by atoms with Crippen molar-refractivity contribution in [1.29, 1.82) is 0 Å². The monoisotopic (exact) mass is 438 g/mol. The van der Waals surface area contributed by atoms with Gasteiger partial charge in [-0.1, -0.05) is 30.8 Å². The van der Waals surface area contributed by atoms with Crippen LogP contribution in [-0.4, -0.2) is 30.2 Å². The third-order valence-corrected chi connectivity index (χ3v) is 7.73. The van der Waals surface area contributed by atoms with E-state index in [2.05, 4.69) is 27.4 Å². The molecule has 9 heteroatoms. The lowest BCUT2D eigenvalue weighted by Gasteiger charge is -2.17. The van der Waals surface area contributed by atoms with Crippen molar-refractivity contribution < 1.29 is 0 Å². The van der Waals surface area contributed by atoms with Gasteiger partial charge in [-0.15, -0.1) is 16.4 Å². The number of fused-ring (bicyclic) bond motifs is 3. The van der Waals surface area contributed by atoms with Gasteiger partial charge < -0.3 is 4.98 Å². The van der Waals surface area contributed by atoms with E-state index >= 15 is 0 Å². The Bertz CT molecular complexity index is 1290. The highest BCUT2D eigenvalue weighted by Gasteiger charge is 2.24. The quantitative estimate of drug-likeness (QED) is 0.479. The van der Waals surface area contributed by atoms with Crippen molar-refractivity contribution in [3.05, 3.63) is 56.4 Å². The highest BCUT2D eigenvalue weighted by Crippen LogP contribution is 2.37. The molecule has 0 spiro atoms. The van der Waals surface area contributed by atoms with Crippen LogP contribution in [0.3, 0.4) is 0 Å². The first kappa shape index (κ1) is 19.4. The zero-order valence-electron chi connectivity index (χ0n) is 17.0. The fourth-order valence-corrected chi connectivity index (χ4v) is 6.20. The molecule has 0 fully saturated rings. The second-order valence-corrected chi connectivity index (χ2v) is 10.3. The van der Waals surface area contributed by atoms with Crippen molar-refractivity contribution in [3.8, 4) is 5.69 Å². The Morgan fingerprint density at radius 3 is 3.07 bits per heavy atom. The van der Waals surface area contributed by atoms with Crippen LogP contribution in [-0.2, 0) is 12.8 Å². The summed E-state index contributed by atoms with van der Waals surface area (Å²) in [6.45, 7) is 6.32. The summed E-state index contributed by atoms with van der Waals surface area (Å²) in [7, 11) is 0. The van der Waals surface area contributed by atoms with Crippen molar-refractivity contribution in [2.75, 3.05) is 0 Å². The van der Waals surface area contributed by atoms with Gasteiger partial charge in [-0.2, -0.15) is 4.68 Å². The molecule has 5 rings (SSSR count). The summed E-state index contributed by atoms with van der Waals surface area (Å²) in [5, 5.41) is 13.5. The third-order valence-electron chi connectivity index (χ3n) is 5.54. The minimum Gasteiger partial charge on any atom is -0.309 e. The summed E-state index contributed by atoms with van der Waals surface area (Å²) < 4.78 is 1.72. The summed E-state index contributed by atoms with van der Waals surface area (Å²) >= 11 is 3.15. The van der Waals surface area contributed by atoms with Crippen molar-refractivity contribution in [2.45, 2.75) is 50.4 Å². The van der Waals surface area contributed by atoms with Gasteiger partial charge in [-0.3, -0.25) is 4.79 Å². The van der Waals surface area contributed by atoms with Crippen LogP contribution in [0.4, 0.5) is 0 Å². The molecule has 0 saturated heterocycles. The average molecular weight is 439 g/mol. The standard InChI is InChI=1S/C21H22N6OS2/c1-11-5-4-6-14(9-11)27-21(24-25-26-27)29-13(3)18-22-19(28)17-15-8-7-12(2)10-16(15)30-20(17)23-18/h4-6,9,12-13H,7-8,10H2,1-3H3,(H,22,23,28). The maximum Gasteiger partial charge on any atom is 0.259 e. The Balaban J connectivity index is 1.47. The molecule has 0 aliphatic heterocycles. The molecule has 2 unspecified atom stereocenters. The van der Waals surface area contributed by atoms with E-state index in [0.29, 0.717) is 16.9 Å². The van der Waals surface area contributed by atoms with Gasteiger partial charge in [-0.05, 0) is 72.7 Å². The SMILES string of the molecule is Cc1cccc(-n2nnnc2SC(C)c2nc3sc4c(c3c(=O)[nH]2)CCC(C)C4)c1. The fraction of sp³-hybridized carbons (Fsp3) is 0.381. The van der Waals surface area contributed by atoms with E-state index in [0.717, 1.165) is 40.7 Å². The molecule has 1 aliphatic carbocycles. The lowest BCUT2D eigenvalue weighted by molar-refractivity contribution is 0.509. The van der Waals surface area contributed by atoms with Crippen molar-refractivity contribution in [2.24, 2.45) is 5.92 Å². The van der Waals surface area contributed by atoms with E-state index in [4.69, 9.17) is 4.98 Å². The highest BCUT2D eigenvalue weighted by molar-refractivity contribution is 7.99. The van der Waals surface area contributed by atoms with Gasteiger partial charge in [0.1, 0.15) is 10.7 Å². The molecular weight excluding hydrogens is 416 g/mol. The van der Waals surface area contributed by atoms with Crippen LogP contribution >= 0.6 is 23.1 Å². The number of aromatic amines is 1. The van der Waals surface area contributed by atoms with E-state index in [1.54, 1.807) is 16.0 Å². The van der Waals surface area contributed by atoms with E-state index in [1.165, 1.54) is 22.2 Å². The zero-order chi connectivity index (χ0) is 20.8. The normalized spacial score (nSPS) is 17.2. The number of benzene rings is 1. The Labute approximate surface area is 181 Å². The van der Waals surface area contributed by atoms with Crippen LogP contribution in [0, 0.1) is 12.8 Å². The number of H-pyrrole nitrogens is 1. The van der Waals surface area contributed by atoms with Crippen molar-refractivity contribution in [3.63, 3.8) is 0 Å². The van der Waals surface area contributed by atoms with Gasteiger partial charge in [0, 0.05) is 4.88 Å². The molecule has 154 valence electrons. The van der Waals surface area contributed by atoms with E-state index in [1.807, 2.05) is 38.1 Å². The maximum absolute atomic E-state index is 12.9. The van der Waals surface area contributed by atoms with Crippen LogP contribution in [0.2, 0.25) is 0 Å². The first-order valence-corrected chi connectivity index (χ1v) is 11.8. The Morgan fingerprint density at radius 2 is 2.23 bits per heavy atom. The number of tetrazole rings is 1. The molecule has 7 nitrogen and oxygen atoms in total. The average Bonchev–Trinajstić information content (AvgIpc) is 3.31. The lowest BCUT2D eigenvalue weighted by atomic mass is 9.89. The van der Waals surface area contributed by atoms with Gasteiger partial charge in [0.25, 0.3) is 5.56 Å². The molecule has 1 aliphatic rings. The van der Waals surface area contributed by atoms with Crippen LogP contribution in [0.25, 0.3) is 15.9 Å². The largest absolute Gasteiger partial charge is 0.309 e. The van der Waals surface area contributed by atoms with E-state index in [9.17, 15) is 4.79 Å². The second kappa shape index (κ2) is 7.63. The number of nitrogens with one attached hydrogen (secondary N) is 1. The first-order valence-electron chi connectivity index (χ1n) is 10.1. The van der Waals surface area contributed by atoms with Gasteiger partial charge in [0.15, 0.2) is 0 Å². The van der Waals surface area contributed by atoms with Crippen molar-refractivity contribution >= 4 is 33.3 Å². The Kier molecular flexibility index (Phi) is 4.94. The molecule has 4 aromatic rings. The van der Waals surface area contributed by atoms with Gasteiger partial charge in [0.2, 0.25) is 5.16 Å². The second-order valence-electron chi connectivity index (χ2n) is 7.96. The molecule has 1 N–H and O–H groups in total. The number of hydrogen-bond acceptors (Lipinski definition) is 7. The number of aryl methyl sites for hydroxylation is 2. The molecule has 0 saturated carbocycles. The molecule has 2 atom stereocenters. The fourth-order valence-electron chi connectivity index (χ4n) is 3.95. The number of thiophene rings is 1. The van der Waals surface area contributed by atoms with Crippen molar-refractivity contribution in [1.82, 2.24) is 30.2 Å². The lowest BCUT2D eigenvalue weighted by Crippen LogP contribution is -2.15. The molecule has 3 heterocycles. The molecule has 0 radical (unpaired) electrons. The van der Waals surface area contributed by atoms with Crippen LogP contribution in [0.5, 0.6) is 0 Å². The summed E-state index contributed by atoms with van der Waals surface area (Å²) in [6, 6.07) is 8.03. The van der Waals surface area contributed by atoms with E-state index in [-0.39, 0.29) is 10.8 Å². The Hall–Kier alpha value is -2.52. The topological polar surface area (TPSA) is 89.3 Å². The number of rotatable bonds is 4. The number of hydrogen-bond donors (Lipinski definition) is 1. The smallest absolute Gasteiger partial charge is 0.259 e. The number of nitrogens with zero attached hydrogens (tertiary/aromatic N) is 5.